The third-order valence-corrected chi connectivity index (χ3v) is 9.95. The molecule has 0 aromatic heterocycles. The molecule has 2 saturated heterocycles. The molecule has 3 aliphatic rings. The Morgan fingerprint density at radius 3 is 2.33 bits per heavy atom. The SMILES string of the molecule is C[C@@H]1Cc2cc(OCc3ccccc3)ccc2C(c2c(F)cc(N3CCC4(CCN(CC(=O)O)CC4)C3)cc2F)N1CC(C)(F)F. The minimum Gasteiger partial charge on any atom is -0.489 e. The van der Waals surface area contributed by atoms with Crippen LogP contribution in [0, 0.1) is 17.0 Å². The predicted octanol–water partition coefficient (Wildman–Crippen LogP) is 6.91. The average Bonchev–Trinajstić information content (AvgIpc) is 3.41. The number of carboxylic acids is 1. The van der Waals surface area contributed by atoms with Gasteiger partial charge in [0.1, 0.15) is 24.0 Å². The van der Waals surface area contributed by atoms with Gasteiger partial charge in [-0.2, -0.15) is 0 Å². The first kappa shape index (κ1) is 32.3. The number of rotatable bonds is 9. The predicted molar refractivity (Wildman–Crippen MR) is 168 cm³/mol. The zero-order valence-electron chi connectivity index (χ0n) is 26.3. The van der Waals surface area contributed by atoms with E-state index < -0.39 is 42.2 Å². The number of halogens is 4. The summed E-state index contributed by atoms with van der Waals surface area (Å²) in [4.78, 5) is 16.6. The zero-order valence-corrected chi connectivity index (χ0v) is 26.3. The Hall–Kier alpha value is -3.63. The Balaban J connectivity index is 1.27. The molecule has 246 valence electrons. The van der Waals surface area contributed by atoms with Crippen molar-refractivity contribution in [2.24, 2.45) is 5.41 Å². The summed E-state index contributed by atoms with van der Waals surface area (Å²) < 4.78 is 67.4. The third kappa shape index (κ3) is 7.03. The molecule has 46 heavy (non-hydrogen) atoms. The Bertz CT molecular complexity index is 1530. The zero-order chi connectivity index (χ0) is 32.6. The summed E-state index contributed by atoms with van der Waals surface area (Å²) in [6.07, 6.45) is 2.95. The van der Waals surface area contributed by atoms with E-state index in [2.05, 4.69) is 0 Å². The molecule has 1 spiro atoms. The highest BCUT2D eigenvalue weighted by Crippen LogP contribution is 2.45. The van der Waals surface area contributed by atoms with Crippen molar-refractivity contribution in [3.63, 3.8) is 0 Å². The molecule has 0 radical (unpaired) electrons. The number of nitrogens with zero attached hydrogens (tertiary/aromatic N) is 3. The van der Waals surface area contributed by atoms with Crippen LogP contribution in [0.25, 0.3) is 0 Å². The molecule has 10 heteroatoms. The molecule has 1 unspecified atom stereocenters. The number of anilines is 1. The molecular weight excluding hydrogens is 598 g/mol. The lowest BCUT2D eigenvalue weighted by Gasteiger charge is -2.43. The standard InChI is InChI=1S/C36H41F4N3O3/c1-24-16-26-17-28(46-21-25-6-4-3-5-7-25)8-9-29(26)34(43(24)22-35(2,39)40)33-30(37)18-27(19-31(33)38)42-15-12-36(23-42)10-13-41(14-11-36)20-32(44)45/h3-9,17-19,24,34H,10-16,20-23H2,1-2H3,(H,44,45)/t24-,34?/m1/s1. The lowest BCUT2D eigenvalue weighted by molar-refractivity contribution is -0.138. The molecule has 6 rings (SSSR count). The number of carbonyl (C=O) groups is 1. The van der Waals surface area contributed by atoms with Crippen LogP contribution in [0.1, 0.15) is 61.4 Å². The minimum absolute atomic E-state index is 0.0175. The van der Waals surface area contributed by atoms with E-state index in [9.17, 15) is 13.6 Å². The van der Waals surface area contributed by atoms with Crippen LogP contribution in [0.3, 0.4) is 0 Å². The lowest BCUT2D eigenvalue weighted by atomic mass is 9.78. The number of hydrogen-bond donors (Lipinski definition) is 1. The molecule has 0 amide bonds. The van der Waals surface area contributed by atoms with Gasteiger partial charge in [0, 0.05) is 37.3 Å². The van der Waals surface area contributed by atoms with Gasteiger partial charge in [-0.1, -0.05) is 36.4 Å². The van der Waals surface area contributed by atoms with E-state index >= 15 is 8.78 Å². The lowest BCUT2D eigenvalue weighted by Crippen LogP contribution is -2.48. The van der Waals surface area contributed by atoms with Crippen molar-refractivity contribution < 1.29 is 32.2 Å². The number of benzene rings is 3. The Kier molecular flexibility index (Phi) is 9.04. The highest BCUT2D eigenvalue weighted by atomic mass is 19.3. The second-order valence-corrected chi connectivity index (χ2v) is 13.5. The van der Waals surface area contributed by atoms with Gasteiger partial charge in [0.15, 0.2) is 0 Å². The van der Waals surface area contributed by atoms with Gasteiger partial charge in [0.25, 0.3) is 5.92 Å². The number of carboxylic acid groups (broad SMARTS) is 1. The van der Waals surface area contributed by atoms with Crippen LogP contribution in [0.5, 0.6) is 5.75 Å². The summed E-state index contributed by atoms with van der Waals surface area (Å²) in [7, 11) is 0. The van der Waals surface area contributed by atoms with Gasteiger partial charge < -0.3 is 14.7 Å². The van der Waals surface area contributed by atoms with E-state index in [1.54, 1.807) is 12.1 Å². The van der Waals surface area contributed by atoms with Crippen LogP contribution in [0.2, 0.25) is 0 Å². The van der Waals surface area contributed by atoms with E-state index in [4.69, 9.17) is 9.84 Å². The molecule has 2 fully saturated rings. The van der Waals surface area contributed by atoms with Crippen molar-refractivity contribution in [1.29, 1.82) is 0 Å². The molecule has 3 aliphatic heterocycles. The van der Waals surface area contributed by atoms with E-state index in [0.29, 0.717) is 56.2 Å². The van der Waals surface area contributed by atoms with E-state index in [1.165, 1.54) is 17.0 Å². The van der Waals surface area contributed by atoms with Crippen molar-refractivity contribution >= 4 is 11.7 Å². The Morgan fingerprint density at radius 2 is 1.67 bits per heavy atom. The summed E-state index contributed by atoms with van der Waals surface area (Å²) in [6, 6.07) is 16.3. The van der Waals surface area contributed by atoms with Gasteiger partial charge in [-0.15, -0.1) is 0 Å². The fraction of sp³-hybridized carbons (Fsp3) is 0.472. The van der Waals surface area contributed by atoms with Crippen LogP contribution in [-0.4, -0.2) is 72.1 Å². The third-order valence-electron chi connectivity index (χ3n) is 9.95. The summed E-state index contributed by atoms with van der Waals surface area (Å²) >= 11 is 0. The maximum atomic E-state index is 16.2. The molecule has 1 N–H and O–H groups in total. The fourth-order valence-corrected chi connectivity index (χ4v) is 7.57. The van der Waals surface area contributed by atoms with Gasteiger partial charge in [-0.05, 0) is 92.1 Å². The van der Waals surface area contributed by atoms with Crippen molar-refractivity contribution in [1.82, 2.24) is 9.80 Å². The largest absolute Gasteiger partial charge is 0.489 e. The normalized spacial score (nSPS) is 21.8. The first-order valence-electron chi connectivity index (χ1n) is 16.0. The highest BCUT2D eigenvalue weighted by molar-refractivity contribution is 5.69. The number of piperidine rings is 1. The van der Waals surface area contributed by atoms with E-state index in [0.717, 1.165) is 37.3 Å². The van der Waals surface area contributed by atoms with Gasteiger partial charge in [0.2, 0.25) is 0 Å². The van der Waals surface area contributed by atoms with Gasteiger partial charge in [-0.3, -0.25) is 14.6 Å². The van der Waals surface area contributed by atoms with E-state index in [1.807, 2.05) is 53.1 Å². The summed E-state index contributed by atoms with van der Waals surface area (Å²) in [5, 5.41) is 9.13. The van der Waals surface area contributed by atoms with Crippen LogP contribution in [-0.2, 0) is 17.8 Å². The van der Waals surface area contributed by atoms with Crippen molar-refractivity contribution in [3.8, 4) is 5.75 Å². The molecule has 0 aliphatic carbocycles. The second kappa shape index (κ2) is 12.9. The van der Waals surface area contributed by atoms with Gasteiger partial charge in [0.05, 0.1) is 19.1 Å². The summed E-state index contributed by atoms with van der Waals surface area (Å²) in [5.41, 5.74) is 2.59. The van der Waals surface area contributed by atoms with E-state index in [-0.39, 0.29) is 17.5 Å². The smallest absolute Gasteiger partial charge is 0.317 e. The maximum Gasteiger partial charge on any atom is 0.317 e. The number of ether oxygens (including phenoxy) is 1. The number of alkyl halides is 2. The molecule has 0 saturated carbocycles. The maximum absolute atomic E-state index is 16.2. The second-order valence-electron chi connectivity index (χ2n) is 13.5. The van der Waals surface area contributed by atoms with Crippen molar-refractivity contribution in [2.45, 2.75) is 64.1 Å². The monoisotopic (exact) mass is 639 g/mol. The summed E-state index contributed by atoms with van der Waals surface area (Å²) in [6.45, 7) is 5.01. The van der Waals surface area contributed by atoms with Crippen LogP contribution in [0.4, 0.5) is 23.2 Å². The van der Waals surface area contributed by atoms with Crippen LogP contribution >= 0.6 is 0 Å². The topological polar surface area (TPSA) is 56.3 Å². The molecule has 6 nitrogen and oxygen atoms in total. The number of aliphatic carboxylic acids is 1. The molecule has 3 heterocycles. The first-order chi connectivity index (χ1) is 21.9. The minimum atomic E-state index is -3.07. The number of hydrogen-bond acceptors (Lipinski definition) is 5. The molecular formula is C36H41F4N3O3. The first-order valence-corrected chi connectivity index (χ1v) is 16.0. The average molecular weight is 640 g/mol. The fourth-order valence-electron chi connectivity index (χ4n) is 7.57. The Labute approximate surface area is 267 Å². The molecule has 3 aromatic rings. The molecule has 0 bridgehead atoms. The highest BCUT2D eigenvalue weighted by Gasteiger charge is 2.43. The summed E-state index contributed by atoms with van der Waals surface area (Å²) in [5.74, 6) is -4.82. The van der Waals surface area contributed by atoms with Crippen molar-refractivity contribution in [3.05, 3.63) is 94.6 Å². The number of likely N-dealkylation sites (tertiary alicyclic amines) is 1. The van der Waals surface area contributed by atoms with Crippen LogP contribution in [0.15, 0.2) is 60.7 Å². The van der Waals surface area contributed by atoms with Crippen LogP contribution < -0.4 is 9.64 Å². The molecule has 2 atom stereocenters. The van der Waals surface area contributed by atoms with Gasteiger partial charge >= 0.3 is 5.97 Å². The number of fused-ring (bicyclic) bond motifs is 1. The van der Waals surface area contributed by atoms with Gasteiger partial charge in [-0.25, -0.2) is 17.6 Å². The Morgan fingerprint density at radius 1 is 1.00 bits per heavy atom. The quantitative estimate of drug-likeness (QED) is 0.257. The van der Waals surface area contributed by atoms with Crippen molar-refractivity contribution in [2.75, 3.05) is 44.2 Å². The molecule has 3 aromatic carbocycles.